The lowest BCUT2D eigenvalue weighted by Crippen LogP contribution is -2.13. The molecular weight excluding hydrogens is 276 g/mol. The normalized spacial score (nSPS) is 11.1. The van der Waals surface area contributed by atoms with Crippen LogP contribution in [0.1, 0.15) is 6.92 Å². The fourth-order valence-electron chi connectivity index (χ4n) is 2.32. The fraction of sp³-hybridized carbons (Fsp3) is 0.200. The van der Waals surface area contributed by atoms with E-state index in [1.807, 2.05) is 36.4 Å². The van der Waals surface area contributed by atoms with Crippen LogP contribution in [0.3, 0.4) is 0 Å². The van der Waals surface area contributed by atoms with Crippen LogP contribution in [0.2, 0.25) is 5.28 Å². The number of carbonyl (C=O) groups is 1. The molecule has 0 bridgehead atoms. The minimum absolute atomic E-state index is 0.0709. The Kier molecular flexibility index (Phi) is 3.32. The van der Waals surface area contributed by atoms with Crippen LogP contribution in [-0.4, -0.2) is 22.1 Å². The number of aromatic nitrogens is 2. The monoisotopic (exact) mass is 288 g/mol. The second-order valence-corrected chi connectivity index (χ2v) is 4.76. The SMILES string of the molecule is CCOC(=O)Cn1c(Cl)nc2c3ccccc3ccc21. The molecule has 0 aliphatic heterocycles. The van der Waals surface area contributed by atoms with Gasteiger partial charge in [-0.05, 0) is 30.0 Å². The van der Waals surface area contributed by atoms with E-state index in [9.17, 15) is 4.79 Å². The van der Waals surface area contributed by atoms with E-state index in [0.29, 0.717) is 11.9 Å². The van der Waals surface area contributed by atoms with Crippen LogP contribution in [0, 0.1) is 0 Å². The molecular formula is C15H13ClN2O2. The van der Waals surface area contributed by atoms with Crippen LogP contribution >= 0.6 is 11.6 Å². The predicted octanol–water partition coefficient (Wildman–Crippen LogP) is 3.41. The summed E-state index contributed by atoms with van der Waals surface area (Å²) in [5, 5.41) is 2.41. The Morgan fingerprint density at radius 3 is 2.90 bits per heavy atom. The molecule has 3 aromatic rings. The second kappa shape index (κ2) is 5.13. The first-order chi connectivity index (χ1) is 9.70. The molecule has 0 saturated heterocycles. The predicted molar refractivity (Wildman–Crippen MR) is 78.9 cm³/mol. The maximum absolute atomic E-state index is 11.6. The number of imidazole rings is 1. The standard InChI is InChI=1S/C15H13ClN2O2/c1-2-20-13(19)9-18-12-8-7-10-5-3-4-6-11(10)14(12)17-15(18)16/h3-8H,2,9H2,1H3. The highest BCUT2D eigenvalue weighted by Gasteiger charge is 2.14. The van der Waals surface area contributed by atoms with Crippen molar-refractivity contribution in [3.05, 3.63) is 41.7 Å². The summed E-state index contributed by atoms with van der Waals surface area (Å²) in [5.41, 5.74) is 1.64. The van der Waals surface area contributed by atoms with Crippen LogP contribution in [-0.2, 0) is 16.1 Å². The van der Waals surface area contributed by atoms with Gasteiger partial charge in [-0.3, -0.25) is 4.79 Å². The van der Waals surface area contributed by atoms with Crippen molar-refractivity contribution in [2.75, 3.05) is 6.61 Å². The number of rotatable bonds is 3. The van der Waals surface area contributed by atoms with Crippen LogP contribution in [0.4, 0.5) is 0 Å². The van der Waals surface area contributed by atoms with Gasteiger partial charge in [0.1, 0.15) is 6.54 Å². The van der Waals surface area contributed by atoms with Crippen LogP contribution in [0.15, 0.2) is 36.4 Å². The van der Waals surface area contributed by atoms with E-state index in [0.717, 1.165) is 21.8 Å². The Labute approximate surface area is 120 Å². The van der Waals surface area contributed by atoms with Crippen molar-refractivity contribution in [1.82, 2.24) is 9.55 Å². The third-order valence-corrected chi connectivity index (χ3v) is 3.48. The molecule has 1 aromatic heterocycles. The third-order valence-electron chi connectivity index (χ3n) is 3.19. The number of carbonyl (C=O) groups excluding carboxylic acids is 1. The summed E-state index contributed by atoms with van der Waals surface area (Å²) in [4.78, 5) is 16.0. The number of nitrogens with zero attached hydrogens (tertiary/aromatic N) is 2. The molecule has 5 heteroatoms. The first kappa shape index (κ1) is 12.9. The molecule has 20 heavy (non-hydrogen) atoms. The van der Waals surface area contributed by atoms with Crippen molar-refractivity contribution in [2.45, 2.75) is 13.5 Å². The van der Waals surface area contributed by atoms with Gasteiger partial charge in [0.15, 0.2) is 0 Å². The lowest BCUT2D eigenvalue weighted by Gasteiger charge is -2.05. The molecule has 3 rings (SSSR count). The van der Waals surface area contributed by atoms with Crippen LogP contribution in [0.25, 0.3) is 21.8 Å². The summed E-state index contributed by atoms with van der Waals surface area (Å²) in [5.74, 6) is -0.318. The number of benzene rings is 2. The molecule has 4 nitrogen and oxygen atoms in total. The number of halogens is 1. The Hall–Kier alpha value is -2.07. The zero-order valence-corrected chi connectivity index (χ0v) is 11.7. The highest BCUT2D eigenvalue weighted by Crippen LogP contribution is 2.27. The van der Waals surface area contributed by atoms with Gasteiger partial charge in [0, 0.05) is 5.39 Å². The van der Waals surface area contributed by atoms with Gasteiger partial charge < -0.3 is 9.30 Å². The third kappa shape index (κ3) is 2.12. The molecule has 0 saturated carbocycles. The molecule has 1 heterocycles. The first-order valence-electron chi connectivity index (χ1n) is 6.40. The van der Waals surface area contributed by atoms with Crippen LogP contribution < -0.4 is 0 Å². The summed E-state index contributed by atoms with van der Waals surface area (Å²) in [7, 11) is 0. The van der Waals surface area contributed by atoms with Gasteiger partial charge in [0.05, 0.1) is 17.6 Å². The summed E-state index contributed by atoms with van der Waals surface area (Å²) < 4.78 is 6.63. The number of esters is 1. The molecule has 2 aromatic carbocycles. The summed E-state index contributed by atoms with van der Waals surface area (Å²) in [6.45, 7) is 2.20. The van der Waals surface area contributed by atoms with Gasteiger partial charge in [0.2, 0.25) is 5.28 Å². The molecule has 0 unspecified atom stereocenters. The van der Waals surface area contributed by atoms with Crippen molar-refractivity contribution < 1.29 is 9.53 Å². The van der Waals surface area contributed by atoms with E-state index < -0.39 is 0 Å². The minimum atomic E-state index is -0.318. The van der Waals surface area contributed by atoms with Gasteiger partial charge in [0.25, 0.3) is 0 Å². The molecule has 0 aliphatic rings. The zero-order valence-electron chi connectivity index (χ0n) is 11.0. The maximum atomic E-state index is 11.6. The quantitative estimate of drug-likeness (QED) is 0.694. The van der Waals surface area contributed by atoms with E-state index in [2.05, 4.69) is 4.98 Å². The first-order valence-corrected chi connectivity index (χ1v) is 6.77. The summed E-state index contributed by atoms with van der Waals surface area (Å²) in [6, 6.07) is 11.9. The zero-order chi connectivity index (χ0) is 14.1. The topological polar surface area (TPSA) is 44.1 Å². The van der Waals surface area contributed by atoms with Gasteiger partial charge >= 0.3 is 5.97 Å². The van der Waals surface area contributed by atoms with Gasteiger partial charge in [-0.25, -0.2) is 4.98 Å². The van der Waals surface area contributed by atoms with Gasteiger partial charge in [-0.1, -0.05) is 30.3 Å². The molecule has 0 amide bonds. The number of hydrogen-bond acceptors (Lipinski definition) is 3. The van der Waals surface area contributed by atoms with E-state index in [1.54, 1.807) is 11.5 Å². The lowest BCUT2D eigenvalue weighted by atomic mass is 10.1. The average molecular weight is 289 g/mol. The fourth-order valence-corrected chi connectivity index (χ4v) is 2.55. The average Bonchev–Trinajstić information content (AvgIpc) is 2.76. The van der Waals surface area contributed by atoms with E-state index >= 15 is 0 Å². The molecule has 0 spiro atoms. The Balaban J connectivity index is 2.16. The number of hydrogen-bond donors (Lipinski definition) is 0. The van der Waals surface area contributed by atoms with E-state index in [-0.39, 0.29) is 12.5 Å². The Morgan fingerprint density at radius 1 is 1.30 bits per heavy atom. The largest absolute Gasteiger partial charge is 0.465 e. The maximum Gasteiger partial charge on any atom is 0.326 e. The molecule has 0 N–H and O–H groups in total. The van der Waals surface area contributed by atoms with Gasteiger partial charge in [-0.2, -0.15) is 0 Å². The molecule has 0 fully saturated rings. The molecule has 102 valence electrons. The van der Waals surface area contributed by atoms with Crippen molar-refractivity contribution in [1.29, 1.82) is 0 Å². The highest BCUT2D eigenvalue weighted by molar-refractivity contribution is 6.29. The van der Waals surface area contributed by atoms with E-state index in [1.165, 1.54) is 0 Å². The van der Waals surface area contributed by atoms with Crippen molar-refractivity contribution in [2.24, 2.45) is 0 Å². The van der Waals surface area contributed by atoms with E-state index in [4.69, 9.17) is 16.3 Å². The van der Waals surface area contributed by atoms with Crippen molar-refractivity contribution in [3.8, 4) is 0 Å². The minimum Gasteiger partial charge on any atom is -0.465 e. The van der Waals surface area contributed by atoms with Gasteiger partial charge in [-0.15, -0.1) is 0 Å². The van der Waals surface area contributed by atoms with Crippen molar-refractivity contribution in [3.63, 3.8) is 0 Å². The lowest BCUT2D eigenvalue weighted by molar-refractivity contribution is -0.143. The number of ether oxygens (including phenoxy) is 1. The molecule has 0 atom stereocenters. The summed E-state index contributed by atoms with van der Waals surface area (Å²) >= 11 is 6.16. The Morgan fingerprint density at radius 2 is 2.10 bits per heavy atom. The number of fused-ring (bicyclic) bond motifs is 3. The molecule has 0 radical (unpaired) electrons. The Bertz CT molecular complexity index is 795. The summed E-state index contributed by atoms with van der Waals surface area (Å²) in [6.07, 6.45) is 0. The smallest absolute Gasteiger partial charge is 0.326 e. The highest BCUT2D eigenvalue weighted by atomic mass is 35.5. The van der Waals surface area contributed by atoms with Crippen molar-refractivity contribution >= 4 is 39.4 Å². The second-order valence-electron chi connectivity index (χ2n) is 4.43. The van der Waals surface area contributed by atoms with Crippen LogP contribution in [0.5, 0.6) is 0 Å². The molecule has 0 aliphatic carbocycles.